The molecule has 1 N–H and O–H groups in total. The SMILES string of the molecule is O=C1C(=Cc2cc(-c3cnc4ccccc4c3)cs2)SC(=S)N1CCCCc1nn[nH]n1. The topological polar surface area (TPSA) is 87.7 Å². The van der Waals surface area contributed by atoms with E-state index in [-0.39, 0.29) is 5.91 Å². The summed E-state index contributed by atoms with van der Waals surface area (Å²) in [6, 6.07) is 12.3. The van der Waals surface area contributed by atoms with Crippen LogP contribution in [0.5, 0.6) is 0 Å². The smallest absolute Gasteiger partial charge is 0.266 e. The van der Waals surface area contributed by atoms with Crippen molar-refractivity contribution >= 4 is 62.5 Å². The van der Waals surface area contributed by atoms with Crippen molar-refractivity contribution in [2.24, 2.45) is 0 Å². The van der Waals surface area contributed by atoms with Crippen LogP contribution in [-0.2, 0) is 11.2 Å². The third-order valence-corrected chi connectivity index (χ3v) is 7.37. The van der Waals surface area contributed by atoms with Crippen LogP contribution in [-0.4, -0.2) is 47.3 Å². The number of hydrogen-bond donors (Lipinski definition) is 1. The zero-order chi connectivity index (χ0) is 21.9. The van der Waals surface area contributed by atoms with E-state index >= 15 is 0 Å². The number of amides is 1. The fraction of sp³-hybridized carbons (Fsp3) is 0.182. The van der Waals surface area contributed by atoms with E-state index in [0.717, 1.165) is 46.2 Å². The van der Waals surface area contributed by atoms with Crippen molar-refractivity contribution in [3.8, 4) is 11.1 Å². The number of rotatable bonds is 7. The molecule has 0 spiro atoms. The van der Waals surface area contributed by atoms with Gasteiger partial charge in [-0.05, 0) is 48.1 Å². The fourth-order valence-corrected chi connectivity index (χ4v) is 5.69. The molecule has 1 saturated heterocycles. The van der Waals surface area contributed by atoms with Gasteiger partial charge in [-0.2, -0.15) is 5.21 Å². The minimum absolute atomic E-state index is 0.0260. The third kappa shape index (κ3) is 4.47. The first-order chi connectivity index (χ1) is 15.7. The number of aromatic amines is 1. The maximum Gasteiger partial charge on any atom is 0.266 e. The van der Waals surface area contributed by atoms with Crippen LogP contribution in [0.3, 0.4) is 0 Å². The van der Waals surface area contributed by atoms with Crippen molar-refractivity contribution in [1.29, 1.82) is 0 Å². The largest absolute Gasteiger partial charge is 0.293 e. The van der Waals surface area contributed by atoms with Gasteiger partial charge in [0.2, 0.25) is 0 Å². The monoisotopic (exact) mass is 478 g/mol. The van der Waals surface area contributed by atoms with Crippen LogP contribution in [0.2, 0.25) is 0 Å². The van der Waals surface area contributed by atoms with Crippen LogP contribution in [0.25, 0.3) is 28.1 Å². The van der Waals surface area contributed by atoms with Crippen LogP contribution in [0.4, 0.5) is 0 Å². The molecular weight excluding hydrogens is 460 g/mol. The van der Waals surface area contributed by atoms with E-state index in [0.29, 0.717) is 21.6 Å². The molecule has 4 aromatic rings. The highest BCUT2D eigenvalue weighted by molar-refractivity contribution is 8.26. The Morgan fingerprint density at radius 1 is 1.16 bits per heavy atom. The minimum Gasteiger partial charge on any atom is -0.293 e. The van der Waals surface area contributed by atoms with Crippen molar-refractivity contribution in [1.82, 2.24) is 30.5 Å². The van der Waals surface area contributed by atoms with Crippen LogP contribution < -0.4 is 0 Å². The van der Waals surface area contributed by atoms with Gasteiger partial charge >= 0.3 is 0 Å². The molecule has 0 aliphatic carbocycles. The molecule has 0 bridgehead atoms. The van der Waals surface area contributed by atoms with Crippen molar-refractivity contribution in [3.05, 3.63) is 63.6 Å². The van der Waals surface area contributed by atoms with E-state index in [1.165, 1.54) is 11.8 Å². The molecule has 1 aliphatic rings. The predicted octanol–water partition coefficient (Wildman–Crippen LogP) is 4.70. The second-order valence-corrected chi connectivity index (χ2v) is 9.89. The van der Waals surface area contributed by atoms with Crippen molar-refractivity contribution < 1.29 is 4.79 Å². The molecule has 3 aromatic heterocycles. The molecule has 32 heavy (non-hydrogen) atoms. The number of tetrazole rings is 1. The van der Waals surface area contributed by atoms with Crippen LogP contribution in [0.15, 0.2) is 52.9 Å². The van der Waals surface area contributed by atoms with Crippen LogP contribution >= 0.6 is 35.3 Å². The summed E-state index contributed by atoms with van der Waals surface area (Å²) in [5.74, 6) is 0.660. The molecule has 1 aliphatic heterocycles. The van der Waals surface area contributed by atoms with Gasteiger partial charge in [0.25, 0.3) is 5.91 Å². The molecule has 1 fully saturated rings. The molecular formula is C22H18N6OS3. The Bertz CT molecular complexity index is 1310. The zero-order valence-corrected chi connectivity index (χ0v) is 19.3. The Morgan fingerprint density at radius 2 is 2.06 bits per heavy atom. The van der Waals surface area contributed by atoms with Crippen molar-refractivity contribution in [2.45, 2.75) is 19.3 Å². The summed E-state index contributed by atoms with van der Waals surface area (Å²) in [6.45, 7) is 0.596. The number of aryl methyl sites for hydroxylation is 1. The second kappa shape index (κ2) is 9.27. The average Bonchev–Trinajstić information content (AvgIpc) is 3.54. The van der Waals surface area contributed by atoms with Crippen molar-refractivity contribution in [3.63, 3.8) is 0 Å². The van der Waals surface area contributed by atoms with Crippen LogP contribution in [0, 0.1) is 0 Å². The van der Waals surface area contributed by atoms with Gasteiger partial charge in [-0.1, -0.05) is 47.4 Å². The summed E-state index contributed by atoms with van der Waals surface area (Å²) in [5.41, 5.74) is 3.14. The molecule has 7 nitrogen and oxygen atoms in total. The number of thiophene rings is 1. The number of carbonyl (C=O) groups is 1. The maximum absolute atomic E-state index is 12.9. The number of carbonyl (C=O) groups excluding carboxylic acids is 1. The number of fused-ring (bicyclic) bond motifs is 1. The lowest BCUT2D eigenvalue weighted by Gasteiger charge is -2.13. The highest BCUT2D eigenvalue weighted by atomic mass is 32.2. The summed E-state index contributed by atoms with van der Waals surface area (Å²) >= 11 is 8.42. The number of nitrogens with zero attached hydrogens (tertiary/aromatic N) is 5. The predicted molar refractivity (Wildman–Crippen MR) is 132 cm³/mol. The Kier molecular flexibility index (Phi) is 6.06. The lowest BCUT2D eigenvalue weighted by Crippen LogP contribution is -2.29. The highest BCUT2D eigenvalue weighted by Gasteiger charge is 2.31. The molecule has 0 atom stereocenters. The Balaban J connectivity index is 1.25. The summed E-state index contributed by atoms with van der Waals surface area (Å²) < 4.78 is 0.608. The van der Waals surface area contributed by atoms with Crippen molar-refractivity contribution in [2.75, 3.05) is 6.54 Å². The molecule has 0 radical (unpaired) electrons. The number of aromatic nitrogens is 5. The number of unbranched alkanes of at least 4 members (excludes halogenated alkanes) is 1. The number of thiocarbonyl (C=S) groups is 1. The molecule has 0 unspecified atom stereocenters. The third-order valence-electron chi connectivity index (χ3n) is 5.11. The van der Waals surface area contributed by atoms with E-state index in [2.05, 4.69) is 49.2 Å². The van der Waals surface area contributed by atoms with Gasteiger partial charge < -0.3 is 0 Å². The molecule has 0 saturated carbocycles. The molecule has 10 heteroatoms. The fourth-order valence-electron chi connectivity index (χ4n) is 3.47. The normalized spacial score (nSPS) is 15.4. The Morgan fingerprint density at radius 3 is 2.94 bits per heavy atom. The lowest BCUT2D eigenvalue weighted by molar-refractivity contribution is -0.122. The van der Waals surface area contributed by atoms with Gasteiger partial charge in [0, 0.05) is 35.0 Å². The molecule has 160 valence electrons. The summed E-state index contributed by atoms with van der Waals surface area (Å²) in [4.78, 5) is 20.8. The first-order valence-electron chi connectivity index (χ1n) is 10.1. The molecule has 1 amide bonds. The van der Waals surface area contributed by atoms with E-state index in [4.69, 9.17) is 12.2 Å². The quantitative estimate of drug-likeness (QED) is 0.234. The number of para-hydroxylation sites is 1. The maximum atomic E-state index is 12.9. The Labute approximate surface area is 197 Å². The van der Waals surface area contributed by atoms with E-state index < -0.39 is 0 Å². The molecule has 5 rings (SSSR count). The number of nitrogens with one attached hydrogen (secondary N) is 1. The number of benzene rings is 1. The van der Waals surface area contributed by atoms with Gasteiger partial charge in [-0.3, -0.25) is 14.7 Å². The van der Waals surface area contributed by atoms with Gasteiger partial charge in [0.05, 0.1) is 10.4 Å². The number of hydrogen-bond acceptors (Lipinski definition) is 8. The first kappa shape index (κ1) is 20.9. The highest BCUT2D eigenvalue weighted by Crippen LogP contribution is 2.35. The minimum atomic E-state index is -0.0260. The summed E-state index contributed by atoms with van der Waals surface area (Å²) in [6.07, 6.45) is 6.24. The number of H-pyrrole nitrogens is 1. The van der Waals surface area contributed by atoms with E-state index in [1.807, 2.05) is 30.5 Å². The standard InChI is InChI=1S/C22H18N6OS3/c29-21-19(32-22(30)28(21)8-4-3-7-20-24-26-27-25-20)11-17-10-16(13-31-17)15-9-14-5-1-2-6-18(14)23-12-15/h1-2,5-6,9-13H,3-4,7-8H2,(H,24,25,26,27). The van der Waals surface area contributed by atoms with Crippen LogP contribution in [0.1, 0.15) is 23.5 Å². The summed E-state index contributed by atoms with van der Waals surface area (Å²) in [5, 5.41) is 17.1. The Hall–Kier alpha value is -2.95. The average molecular weight is 479 g/mol. The lowest BCUT2D eigenvalue weighted by atomic mass is 10.1. The molecule has 4 heterocycles. The van der Waals surface area contributed by atoms with Gasteiger partial charge in [-0.25, -0.2) is 0 Å². The zero-order valence-electron chi connectivity index (χ0n) is 16.9. The second-order valence-electron chi connectivity index (χ2n) is 7.27. The number of pyridine rings is 1. The van der Waals surface area contributed by atoms with Gasteiger partial charge in [0.1, 0.15) is 4.32 Å². The van der Waals surface area contributed by atoms with Gasteiger partial charge in [0.15, 0.2) is 5.82 Å². The van der Waals surface area contributed by atoms with E-state index in [9.17, 15) is 4.79 Å². The molecule has 1 aromatic carbocycles. The summed E-state index contributed by atoms with van der Waals surface area (Å²) in [7, 11) is 0. The first-order valence-corrected chi connectivity index (χ1v) is 12.2. The number of thioether (sulfide) groups is 1. The van der Waals surface area contributed by atoms with Gasteiger partial charge in [-0.15, -0.1) is 21.5 Å². The van der Waals surface area contributed by atoms with E-state index in [1.54, 1.807) is 16.2 Å².